The summed E-state index contributed by atoms with van der Waals surface area (Å²) in [5.74, 6) is 2.44. The van der Waals surface area contributed by atoms with Gasteiger partial charge >= 0.3 is 6.61 Å². The minimum Gasteiger partial charge on any atom is -0.454 e. The highest BCUT2D eigenvalue weighted by molar-refractivity contribution is 14.0. The summed E-state index contributed by atoms with van der Waals surface area (Å²) in [6, 6.07) is 2.98. The van der Waals surface area contributed by atoms with Crippen LogP contribution in [0.25, 0.3) is 0 Å². The van der Waals surface area contributed by atoms with Crippen LogP contribution in [0.2, 0.25) is 0 Å². The Morgan fingerprint density at radius 2 is 2.03 bits per heavy atom. The lowest BCUT2D eigenvalue weighted by atomic mass is 10.1. The Labute approximate surface area is 183 Å². The van der Waals surface area contributed by atoms with Gasteiger partial charge in [-0.05, 0) is 19.9 Å². The van der Waals surface area contributed by atoms with E-state index in [1.807, 2.05) is 6.92 Å². The molecule has 1 aliphatic heterocycles. The number of halogens is 3. The van der Waals surface area contributed by atoms with Crippen LogP contribution >= 0.6 is 24.0 Å². The van der Waals surface area contributed by atoms with E-state index in [1.54, 1.807) is 13.0 Å². The number of nitrogens with one attached hydrogen (secondary N) is 2. The molecule has 2 aromatic rings. The Hall–Kier alpha value is -2.38. The number of nitrogens with zero attached hydrogens (tertiary/aromatic N) is 3. The van der Waals surface area contributed by atoms with Gasteiger partial charge in [0.1, 0.15) is 5.75 Å². The second-order valence-corrected chi connectivity index (χ2v) is 5.80. The van der Waals surface area contributed by atoms with E-state index in [0.717, 1.165) is 0 Å². The molecular weight excluding hydrogens is 503 g/mol. The quantitative estimate of drug-likeness (QED) is 0.308. The summed E-state index contributed by atoms with van der Waals surface area (Å²) >= 11 is 0. The normalized spacial score (nSPS) is 12.7. The van der Waals surface area contributed by atoms with Gasteiger partial charge in [0.15, 0.2) is 23.3 Å². The molecule has 0 saturated carbocycles. The van der Waals surface area contributed by atoms with Gasteiger partial charge in [0, 0.05) is 31.1 Å². The number of hydrogen-bond acceptors (Lipinski definition) is 7. The summed E-state index contributed by atoms with van der Waals surface area (Å²) in [6.07, 6.45) is 0.523. The van der Waals surface area contributed by atoms with Crippen molar-refractivity contribution in [3.63, 3.8) is 0 Å². The van der Waals surface area contributed by atoms with Crippen molar-refractivity contribution in [3.8, 4) is 17.2 Å². The summed E-state index contributed by atoms with van der Waals surface area (Å²) in [6.45, 7) is 2.00. The lowest BCUT2D eigenvalue weighted by molar-refractivity contribution is -0.0505. The van der Waals surface area contributed by atoms with Crippen molar-refractivity contribution in [2.24, 2.45) is 4.99 Å². The molecule has 0 unspecified atom stereocenters. The number of fused-ring (bicyclic) bond motifs is 1. The minimum absolute atomic E-state index is 0. The lowest BCUT2D eigenvalue weighted by Gasteiger charge is -2.13. The van der Waals surface area contributed by atoms with E-state index >= 15 is 0 Å². The van der Waals surface area contributed by atoms with Crippen LogP contribution in [0, 0.1) is 6.92 Å². The van der Waals surface area contributed by atoms with Crippen molar-refractivity contribution in [2.45, 2.75) is 33.4 Å². The number of aromatic nitrogens is 2. The van der Waals surface area contributed by atoms with Crippen LogP contribution in [-0.2, 0) is 13.0 Å². The molecule has 0 atom stereocenters. The van der Waals surface area contributed by atoms with E-state index in [4.69, 9.17) is 14.0 Å². The predicted octanol–water partition coefficient (Wildman–Crippen LogP) is 2.62. The van der Waals surface area contributed by atoms with Crippen molar-refractivity contribution < 1.29 is 27.5 Å². The molecule has 9 nitrogen and oxygen atoms in total. The van der Waals surface area contributed by atoms with Gasteiger partial charge in [0.25, 0.3) is 0 Å². The summed E-state index contributed by atoms with van der Waals surface area (Å²) in [5, 5.41) is 9.94. The second kappa shape index (κ2) is 11.0. The van der Waals surface area contributed by atoms with Crippen LogP contribution in [0.4, 0.5) is 8.78 Å². The van der Waals surface area contributed by atoms with Crippen LogP contribution in [0.5, 0.6) is 17.2 Å². The van der Waals surface area contributed by atoms with E-state index in [1.165, 1.54) is 6.07 Å². The molecule has 0 aliphatic carbocycles. The molecule has 0 bridgehead atoms. The molecule has 3 rings (SSSR count). The number of aryl methyl sites for hydroxylation is 1. The number of aliphatic imine (C=N–C) groups is 1. The summed E-state index contributed by atoms with van der Waals surface area (Å²) < 4.78 is 45.6. The average Bonchev–Trinajstić information content (AvgIpc) is 3.27. The highest BCUT2D eigenvalue weighted by atomic mass is 127. The molecule has 0 fully saturated rings. The van der Waals surface area contributed by atoms with Gasteiger partial charge < -0.3 is 29.4 Å². The van der Waals surface area contributed by atoms with Crippen molar-refractivity contribution >= 4 is 29.9 Å². The first kappa shape index (κ1) is 22.9. The zero-order valence-electron chi connectivity index (χ0n) is 15.9. The largest absolute Gasteiger partial charge is 0.454 e. The Bertz CT molecular complexity index is 834. The van der Waals surface area contributed by atoms with E-state index < -0.39 is 6.61 Å². The van der Waals surface area contributed by atoms with E-state index in [0.29, 0.717) is 54.2 Å². The molecule has 1 aliphatic rings. The number of hydrogen-bond donors (Lipinski definition) is 2. The third-order valence-electron chi connectivity index (χ3n) is 3.72. The van der Waals surface area contributed by atoms with E-state index in [-0.39, 0.29) is 43.1 Å². The van der Waals surface area contributed by atoms with Gasteiger partial charge in [-0.15, -0.1) is 24.0 Å². The third-order valence-corrected chi connectivity index (χ3v) is 3.72. The Kier molecular flexibility index (Phi) is 8.67. The van der Waals surface area contributed by atoms with Crippen LogP contribution in [0.3, 0.4) is 0 Å². The fourth-order valence-electron chi connectivity index (χ4n) is 2.53. The smallest absolute Gasteiger partial charge is 0.387 e. The van der Waals surface area contributed by atoms with Gasteiger partial charge in [0.05, 0.1) is 6.54 Å². The maximum atomic E-state index is 12.7. The number of guanidine groups is 1. The van der Waals surface area contributed by atoms with Gasteiger partial charge in [-0.3, -0.25) is 0 Å². The Morgan fingerprint density at radius 3 is 2.69 bits per heavy atom. The summed E-state index contributed by atoms with van der Waals surface area (Å²) in [4.78, 5) is 8.55. The predicted molar refractivity (Wildman–Crippen MR) is 110 cm³/mol. The van der Waals surface area contributed by atoms with Crippen molar-refractivity contribution in [3.05, 3.63) is 29.4 Å². The topological polar surface area (TPSA) is 103 Å². The zero-order valence-corrected chi connectivity index (χ0v) is 18.2. The molecule has 1 aromatic heterocycles. The van der Waals surface area contributed by atoms with E-state index in [2.05, 4.69) is 30.5 Å². The van der Waals surface area contributed by atoms with Gasteiger partial charge in [-0.25, -0.2) is 4.99 Å². The molecule has 29 heavy (non-hydrogen) atoms. The highest BCUT2D eigenvalue weighted by Gasteiger charge is 2.20. The summed E-state index contributed by atoms with van der Waals surface area (Å²) in [7, 11) is 0. The van der Waals surface area contributed by atoms with Crippen LogP contribution in [-0.4, -0.2) is 42.6 Å². The number of rotatable bonds is 8. The number of ether oxygens (including phenoxy) is 3. The van der Waals surface area contributed by atoms with Gasteiger partial charge in [-0.2, -0.15) is 13.8 Å². The van der Waals surface area contributed by atoms with Crippen molar-refractivity contribution in [1.29, 1.82) is 0 Å². The molecule has 1 aromatic carbocycles. The first-order chi connectivity index (χ1) is 13.5. The molecule has 0 amide bonds. The molecule has 12 heteroatoms. The van der Waals surface area contributed by atoms with Crippen molar-refractivity contribution in [1.82, 2.24) is 20.8 Å². The molecular formula is C17H22F2IN5O4. The van der Waals surface area contributed by atoms with Crippen LogP contribution < -0.4 is 24.8 Å². The van der Waals surface area contributed by atoms with Crippen molar-refractivity contribution in [2.75, 3.05) is 19.9 Å². The SMILES string of the molecule is CCNC(=NCc1cc2c(cc1OC(F)F)OCO2)NCCc1nc(C)no1.I. The van der Waals surface area contributed by atoms with Crippen LogP contribution in [0.1, 0.15) is 24.2 Å². The van der Waals surface area contributed by atoms with Gasteiger partial charge in [0.2, 0.25) is 12.7 Å². The molecule has 160 valence electrons. The second-order valence-electron chi connectivity index (χ2n) is 5.80. The fourth-order valence-corrected chi connectivity index (χ4v) is 2.53. The lowest BCUT2D eigenvalue weighted by Crippen LogP contribution is -2.38. The summed E-state index contributed by atoms with van der Waals surface area (Å²) in [5.41, 5.74) is 0.453. The third kappa shape index (κ3) is 6.58. The standard InChI is InChI=1S/C17H21F2N5O4.HI/c1-3-20-17(21-5-4-15-23-10(2)24-28-15)22-8-11-6-13-14(26-9-25-13)7-12(11)27-16(18)19;/h6-7,16H,3-5,8-9H2,1-2H3,(H2,20,21,22);1H. The first-order valence-corrected chi connectivity index (χ1v) is 8.74. The van der Waals surface area contributed by atoms with Gasteiger partial charge in [-0.1, -0.05) is 5.16 Å². The van der Waals surface area contributed by atoms with Crippen LogP contribution in [0.15, 0.2) is 21.6 Å². The molecule has 0 spiro atoms. The average molecular weight is 525 g/mol. The number of alkyl halides is 2. The number of benzene rings is 1. The minimum atomic E-state index is -2.95. The molecule has 2 heterocycles. The Balaban J connectivity index is 0.00000300. The zero-order chi connectivity index (χ0) is 19.9. The monoisotopic (exact) mass is 525 g/mol. The molecule has 0 saturated heterocycles. The first-order valence-electron chi connectivity index (χ1n) is 8.74. The molecule has 2 N–H and O–H groups in total. The maximum absolute atomic E-state index is 12.7. The fraction of sp³-hybridized carbons (Fsp3) is 0.471. The Morgan fingerprint density at radius 1 is 1.28 bits per heavy atom. The maximum Gasteiger partial charge on any atom is 0.387 e. The molecule has 0 radical (unpaired) electrons. The highest BCUT2D eigenvalue weighted by Crippen LogP contribution is 2.39. The van der Waals surface area contributed by atoms with E-state index in [9.17, 15) is 8.78 Å².